The van der Waals surface area contributed by atoms with Crippen molar-refractivity contribution in [3.05, 3.63) is 99.1 Å². The van der Waals surface area contributed by atoms with E-state index in [1.54, 1.807) is 24.3 Å². The third-order valence-electron chi connectivity index (χ3n) is 5.95. The normalized spacial score (nSPS) is 17.1. The van der Waals surface area contributed by atoms with E-state index in [4.69, 9.17) is 4.74 Å². The predicted molar refractivity (Wildman–Crippen MR) is 135 cm³/mol. The zero-order valence-corrected chi connectivity index (χ0v) is 20.0. The van der Waals surface area contributed by atoms with Crippen LogP contribution in [-0.2, 0) is 9.59 Å². The number of amides is 1. The maximum absolute atomic E-state index is 13.3. The van der Waals surface area contributed by atoms with Gasteiger partial charge in [0.25, 0.3) is 11.5 Å². The molecule has 10 heteroatoms. The first kappa shape index (κ1) is 23.2. The molecule has 1 amide bonds. The first-order valence-corrected chi connectivity index (χ1v) is 11.7. The van der Waals surface area contributed by atoms with Crippen LogP contribution in [0.3, 0.4) is 0 Å². The smallest absolute Gasteiger partial charge is 0.301 e. The molecule has 1 fully saturated rings. The first-order valence-electron chi connectivity index (χ1n) is 10.9. The molecule has 0 saturated carbocycles. The van der Waals surface area contributed by atoms with E-state index in [9.17, 15) is 24.8 Å². The van der Waals surface area contributed by atoms with Crippen molar-refractivity contribution in [2.24, 2.45) is 0 Å². The number of carbonyl (C=O) groups is 2. The van der Waals surface area contributed by atoms with Crippen LogP contribution in [0.15, 0.2) is 72.3 Å². The Labute approximate surface area is 209 Å². The molecule has 1 aliphatic rings. The molecule has 1 aliphatic heterocycles. The summed E-state index contributed by atoms with van der Waals surface area (Å²) >= 11 is 1.25. The lowest BCUT2D eigenvalue weighted by atomic mass is 9.95. The van der Waals surface area contributed by atoms with Crippen LogP contribution < -0.4 is 9.64 Å². The second kappa shape index (κ2) is 8.90. The Kier molecular flexibility index (Phi) is 5.73. The van der Waals surface area contributed by atoms with Crippen LogP contribution in [-0.4, -0.2) is 33.8 Å². The number of nitrogens with zero attached hydrogens (tertiary/aromatic N) is 3. The van der Waals surface area contributed by atoms with E-state index in [-0.39, 0.29) is 22.2 Å². The summed E-state index contributed by atoms with van der Waals surface area (Å²) in [5.41, 5.74) is 2.11. The molecule has 36 heavy (non-hydrogen) atoms. The summed E-state index contributed by atoms with van der Waals surface area (Å²) < 4.78 is 6.06. The number of ether oxygens (including phenoxy) is 1. The SMILES string of the molecule is COc1cccc(C(O)=C2C(=O)C(=O)N(c3nc4ccc(C)cc4s3)[C@@H]2c2ccc([N+](=O)[O-])cc2)c1. The summed E-state index contributed by atoms with van der Waals surface area (Å²) in [6.07, 6.45) is 0. The predicted octanol–water partition coefficient (Wildman–Crippen LogP) is 5.15. The van der Waals surface area contributed by atoms with Crippen LogP contribution in [0.2, 0.25) is 0 Å². The van der Waals surface area contributed by atoms with Gasteiger partial charge in [0, 0.05) is 17.7 Å². The average molecular weight is 502 g/mol. The number of rotatable bonds is 5. The van der Waals surface area contributed by atoms with E-state index in [2.05, 4.69) is 4.98 Å². The third kappa shape index (κ3) is 3.87. The molecule has 0 unspecified atom stereocenters. The molecule has 1 aromatic heterocycles. The maximum atomic E-state index is 13.3. The van der Waals surface area contributed by atoms with Gasteiger partial charge in [0.05, 0.1) is 33.9 Å². The number of aromatic nitrogens is 1. The van der Waals surface area contributed by atoms with Crippen molar-refractivity contribution in [3.63, 3.8) is 0 Å². The van der Waals surface area contributed by atoms with Crippen molar-refractivity contribution in [2.75, 3.05) is 12.0 Å². The molecule has 0 spiro atoms. The maximum Gasteiger partial charge on any atom is 0.301 e. The molecule has 180 valence electrons. The van der Waals surface area contributed by atoms with E-state index < -0.39 is 22.7 Å². The second-order valence-corrected chi connectivity index (χ2v) is 9.23. The number of benzene rings is 3. The van der Waals surface area contributed by atoms with Crippen LogP contribution in [0.25, 0.3) is 16.0 Å². The van der Waals surface area contributed by atoms with Gasteiger partial charge in [0.1, 0.15) is 11.5 Å². The van der Waals surface area contributed by atoms with Crippen molar-refractivity contribution in [1.29, 1.82) is 0 Å². The number of fused-ring (bicyclic) bond motifs is 1. The average Bonchev–Trinajstić information content (AvgIpc) is 3.41. The second-order valence-electron chi connectivity index (χ2n) is 8.22. The van der Waals surface area contributed by atoms with Gasteiger partial charge in [-0.2, -0.15) is 0 Å². The topological polar surface area (TPSA) is 123 Å². The molecule has 3 aromatic carbocycles. The molecule has 0 aliphatic carbocycles. The van der Waals surface area contributed by atoms with Crippen LogP contribution in [0.1, 0.15) is 22.7 Å². The van der Waals surface area contributed by atoms with Gasteiger partial charge < -0.3 is 9.84 Å². The summed E-state index contributed by atoms with van der Waals surface area (Å²) in [5, 5.41) is 22.7. The fraction of sp³-hybridized carbons (Fsp3) is 0.115. The number of hydrogen-bond acceptors (Lipinski definition) is 8. The largest absolute Gasteiger partial charge is 0.507 e. The summed E-state index contributed by atoms with van der Waals surface area (Å²) in [5.74, 6) is -1.65. The lowest BCUT2D eigenvalue weighted by Gasteiger charge is -2.22. The highest BCUT2D eigenvalue weighted by molar-refractivity contribution is 7.22. The fourth-order valence-corrected chi connectivity index (χ4v) is 5.26. The molecule has 4 aromatic rings. The van der Waals surface area contributed by atoms with E-state index >= 15 is 0 Å². The monoisotopic (exact) mass is 501 g/mol. The number of methoxy groups -OCH3 is 1. The molecular formula is C26H19N3O6S. The highest BCUT2D eigenvalue weighted by Crippen LogP contribution is 2.44. The number of hydrogen-bond donors (Lipinski definition) is 1. The fourth-order valence-electron chi connectivity index (χ4n) is 4.17. The summed E-state index contributed by atoms with van der Waals surface area (Å²) in [6.45, 7) is 1.94. The molecule has 1 atom stereocenters. The molecule has 1 saturated heterocycles. The molecule has 5 rings (SSSR count). The van der Waals surface area contributed by atoms with Gasteiger partial charge in [0.15, 0.2) is 5.13 Å². The minimum Gasteiger partial charge on any atom is -0.507 e. The molecule has 1 N–H and O–H groups in total. The number of non-ortho nitro benzene ring substituents is 1. The number of nitro benzene ring substituents is 1. The Morgan fingerprint density at radius 2 is 1.86 bits per heavy atom. The minimum atomic E-state index is -1.04. The van der Waals surface area contributed by atoms with Gasteiger partial charge >= 0.3 is 5.91 Å². The van der Waals surface area contributed by atoms with Crippen molar-refractivity contribution in [1.82, 2.24) is 4.98 Å². The number of nitro groups is 1. The zero-order chi connectivity index (χ0) is 25.6. The van der Waals surface area contributed by atoms with Crippen LogP contribution in [0, 0.1) is 17.0 Å². The molecular weight excluding hydrogens is 482 g/mol. The van der Waals surface area contributed by atoms with Gasteiger partial charge in [-0.25, -0.2) is 4.98 Å². The number of aryl methyl sites for hydroxylation is 1. The Morgan fingerprint density at radius 3 is 2.56 bits per heavy atom. The van der Waals surface area contributed by atoms with Gasteiger partial charge in [-0.15, -0.1) is 0 Å². The Hall–Kier alpha value is -4.57. The Morgan fingerprint density at radius 1 is 1.11 bits per heavy atom. The van der Waals surface area contributed by atoms with Gasteiger partial charge in [-0.1, -0.05) is 29.5 Å². The molecule has 2 heterocycles. The number of anilines is 1. The Balaban J connectivity index is 1.72. The summed E-state index contributed by atoms with van der Waals surface area (Å²) in [4.78, 5) is 43.1. The van der Waals surface area contributed by atoms with Crippen molar-refractivity contribution >= 4 is 49.8 Å². The van der Waals surface area contributed by atoms with Crippen molar-refractivity contribution in [3.8, 4) is 5.75 Å². The third-order valence-corrected chi connectivity index (χ3v) is 6.96. The summed E-state index contributed by atoms with van der Waals surface area (Å²) in [6, 6.07) is 16.6. The van der Waals surface area contributed by atoms with E-state index in [1.165, 1.54) is 47.6 Å². The van der Waals surface area contributed by atoms with Crippen molar-refractivity contribution in [2.45, 2.75) is 13.0 Å². The highest BCUT2D eigenvalue weighted by Gasteiger charge is 2.48. The molecule has 0 radical (unpaired) electrons. The van der Waals surface area contributed by atoms with Crippen LogP contribution in [0.5, 0.6) is 5.75 Å². The number of Topliss-reactive ketones (excluding diaryl/α,β-unsaturated/α-hetero) is 1. The summed E-state index contributed by atoms with van der Waals surface area (Å²) in [7, 11) is 1.48. The first-order chi connectivity index (χ1) is 17.3. The standard InChI is InChI=1S/C26H19N3O6S/c1-14-6-11-19-20(12-14)36-26(27-19)28-22(15-7-9-17(10-8-15)29(33)34)21(24(31)25(28)32)23(30)16-4-3-5-18(13-16)35-2/h3-13,22,30H,1-2H3/t22-/m1/s1. The zero-order valence-electron chi connectivity index (χ0n) is 19.2. The lowest BCUT2D eigenvalue weighted by molar-refractivity contribution is -0.384. The number of aliphatic hydroxyl groups excluding tert-OH is 1. The van der Waals surface area contributed by atoms with Crippen LogP contribution >= 0.6 is 11.3 Å². The minimum absolute atomic E-state index is 0.140. The number of aliphatic hydroxyl groups is 1. The van der Waals surface area contributed by atoms with Gasteiger partial charge in [-0.3, -0.25) is 24.6 Å². The van der Waals surface area contributed by atoms with E-state index in [1.807, 2.05) is 25.1 Å². The van der Waals surface area contributed by atoms with E-state index in [0.717, 1.165) is 10.3 Å². The highest BCUT2D eigenvalue weighted by atomic mass is 32.1. The number of ketones is 1. The Bertz CT molecular complexity index is 1570. The molecule has 0 bridgehead atoms. The van der Waals surface area contributed by atoms with E-state index in [0.29, 0.717) is 22.4 Å². The molecule has 9 nitrogen and oxygen atoms in total. The van der Waals surface area contributed by atoms with Gasteiger partial charge in [0.2, 0.25) is 0 Å². The van der Waals surface area contributed by atoms with Gasteiger partial charge in [-0.05, 0) is 54.4 Å². The lowest BCUT2D eigenvalue weighted by Crippen LogP contribution is -2.29. The van der Waals surface area contributed by atoms with Crippen molar-refractivity contribution < 1.29 is 24.4 Å². The number of thiazole rings is 1. The van der Waals surface area contributed by atoms with Crippen LogP contribution in [0.4, 0.5) is 10.8 Å². The quantitative estimate of drug-likeness (QED) is 0.132. The number of carbonyl (C=O) groups excluding carboxylic acids is 2.